The van der Waals surface area contributed by atoms with Crippen molar-refractivity contribution in [2.75, 3.05) is 26.7 Å². The molecule has 1 unspecified atom stereocenters. The van der Waals surface area contributed by atoms with E-state index in [1.807, 2.05) is 0 Å². The van der Waals surface area contributed by atoms with E-state index in [1.54, 1.807) is 0 Å². The smallest absolute Gasteiger partial charge is 0.336 e. The van der Waals surface area contributed by atoms with Crippen molar-refractivity contribution in [3.8, 4) is 0 Å². The largest absolute Gasteiger partial charge is 0.467 e. The van der Waals surface area contributed by atoms with E-state index in [9.17, 15) is 9.90 Å². The molecule has 1 saturated heterocycles. The molecule has 0 aliphatic carbocycles. The van der Waals surface area contributed by atoms with Crippen LogP contribution in [-0.4, -0.2) is 48.8 Å². The molecular weight excluding hydrogens is 194 g/mol. The minimum atomic E-state index is -1.00. The van der Waals surface area contributed by atoms with Gasteiger partial charge in [0.05, 0.1) is 7.11 Å². The molecule has 1 fully saturated rings. The maximum atomic E-state index is 11.0. The molecule has 1 aliphatic rings. The van der Waals surface area contributed by atoms with Crippen LogP contribution in [0.15, 0.2) is 0 Å². The third-order valence-electron chi connectivity index (χ3n) is 3.09. The fraction of sp³-hybridized carbons (Fsp3) is 0.909. The van der Waals surface area contributed by atoms with E-state index in [4.69, 9.17) is 0 Å². The Labute approximate surface area is 91.2 Å². The first-order chi connectivity index (χ1) is 6.84. The standard InChI is InChI=1S/C11H21NO3/c1-11(2,3)8-5-12(6-8)7-9(13)10(14)15-4/h8-9,13H,5-7H2,1-4H3. The van der Waals surface area contributed by atoms with E-state index in [0.29, 0.717) is 17.9 Å². The molecule has 1 heterocycles. The number of aliphatic hydroxyl groups is 1. The molecule has 0 amide bonds. The van der Waals surface area contributed by atoms with Crippen LogP contribution in [0.4, 0.5) is 0 Å². The summed E-state index contributed by atoms with van der Waals surface area (Å²) in [5.74, 6) is 0.108. The molecule has 0 spiro atoms. The second-order valence-electron chi connectivity index (χ2n) is 5.32. The lowest BCUT2D eigenvalue weighted by Crippen LogP contribution is -2.55. The molecule has 1 N–H and O–H groups in total. The van der Waals surface area contributed by atoms with Crippen LogP contribution in [0.5, 0.6) is 0 Å². The zero-order valence-electron chi connectivity index (χ0n) is 9.99. The van der Waals surface area contributed by atoms with Crippen molar-refractivity contribution < 1.29 is 14.6 Å². The highest BCUT2D eigenvalue weighted by molar-refractivity contribution is 5.74. The number of carbonyl (C=O) groups excluding carboxylic acids is 1. The number of rotatable bonds is 3. The lowest BCUT2D eigenvalue weighted by molar-refractivity contribution is -0.152. The van der Waals surface area contributed by atoms with Crippen LogP contribution < -0.4 is 0 Å². The van der Waals surface area contributed by atoms with E-state index in [1.165, 1.54) is 7.11 Å². The van der Waals surface area contributed by atoms with Crippen LogP contribution in [0.2, 0.25) is 0 Å². The van der Waals surface area contributed by atoms with Crippen molar-refractivity contribution in [3.63, 3.8) is 0 Å². The number of aliphatic hydroxyl groups excluding tert-OH is 1. The van der Waals surface area contributed by atoms with E-state index < -0.39 is 12.1 Å². The summed E-state index contributed by atoms with van der Waals surface area (Å²) >= 11 is 0. The average molecular weight is 215 g/mol. The maximum absolute atomic E-state index is 11.0. The van der Waals surface area contributed by atoms with Gasteiger partial charge < -0.3 is 9.84 Å². The van der Waals surface area contributed by atoms with Crippen LogP contribution >= 0.6 is 0 Å². The number of ether oxygens (including phenoxy) is 1. The monoisotopic (exact) mass is 215 g/mol. The van der Waals surface area contributed by atoms with Crippen LogP contribution in [-0.2, 0) is 9.53 Å². The Hall–Kier alpha value is -0.610. The van der Waals surface area contributed by atoms with Gasteiger partial charge in [-0.2, -0.15) is 0 Å². The molecule has 0 aromatic heterocycles. The Morgan fingerprint density at radius 1 is 1.53 bits per heavy atom. The topological polar surface area (TPSA) is 49.8 Å². The highest BCUT2D eigenvalue weighted by Crippen LogP contribution is 2.33. The molecule has 88 valence electrons. The summed E-state index contributed by atoms with van der Waals surface area (Å²) in [6, 6.07) is 0. The summed E-state index contributed by atoms with van der Waals surface area (Å²) in [5.41, 5.74) is 0.312. The molecule has 0 aromatic rings. The Bertz CT molecular complexity index is 228. The Morgan fingerprint density at radius 3 is 2.47 bits per heavy atom. The van der Waals surface area contributed by atoms with Crippen molar-refractivity contribution in [1.82, 2.24) is 4.90 Å². The van der Waals surface area contributed by atoms with Crippen molar-refractivity contribution >= 4 is 5.97 Å². The summed E-state index contributed by atoms with van der Waals surface area (Å²) in [4.78, 5) is 13.0. The van der Waals surface area contributed by atoms with Gasteiger partial charge in [0.25, 0.3) is 0 Å². The van der Waals surface area contributed by atoms with Crippen molar-refractivity contribution in [2.45, 2.75) is 26.9 Å². The van der Waals surface area contributed by atoms with Gasteiger partial charge in [0, 0.05) is 19.6 Å². The van der Waals surface area contributed by atoms with Gasteiger partial charge in [-0.3, -0.25) is 4.90 Å². The van der Waals surface area contributed by atoms with Gasteiger partial charge >= 0.3 is 5.97 Å². The minimum Gasteiger partial charge on any atom is -0.467 e. The normalized spacial score (nSPS) is 20.9. The van der Waals surface area contributed by atoms with Crippen molar-refractivity contribution in [2.24, 2.45) is 11.3 Å². The molecule has 1 atom stereocenters. The summed E-state index contributed by atoms with van der Waals surface area (Å²) in [6.45, 7) is 8.94. The van der Waals surface area contributed by atoms with Crippen LogP contribution in [0, 0.1) is 11.3 Å². The molecule has 1 aliphatic heterocycles. The van der Waals surface area contributed by atoms with E-state index in [0.717, 1.165) is 13.1 Å². The van der Waals surface area contributed by atoms with Crippen LogP contribution in [0.1, 0.15) is 20.8 Å². The Balaban J connectivity index is 2.26. The third-order valence-corrected chi connectivity index (χ3v) is 3.09. The number of hydrogen-bond acceptors (Lipinski definition) is 4. The summed E-state index contributed by atoms with van der Waals surface area (Å²) < 4.78 is 4.46. The molecule has 0 aromatic carbocycles. The number of esters is 1. The highest BCUT2D eigenvalue weighted by Gasteiger charge is 2.37. The van der Waals surface area contributed by atoms with Gasteiger partial charge in [0.2, 0.25) is 0 Å². The zero-order chi connectivity index (χ0) is 11.6. The van der Waals surface area contributed by atoms with Gasteiger partial charge in [-0.05, 0) is 11.3 Å². The summed E-state index contributed by atoms with van der Waals surface area (Å²) in [7, 11) is 1.29. The van der Waals surface area contributed by atoms with Crippen LogP contribution in [0.25, 0.3) is 0 Å². The predicted octanol–water partition coefficient (Wildman–Crippen LogP) is 0.498. The molecular formula is C11H21NO3. The van der Waals surface area contributed by atoms with Gasteiger partial charge in [0.1, 0.15) is 0 Å². The Morgan fingerprint density at radius 2 is 2.07 bits per heavy atom. The number of β-amino-alcohol motifs (C(OH)–C–C–N with tert-alkyl or cyclic N) is 1. The molecule has 0 bridgehead atoms. The quantitative estimate of drug-likeness (QED) is 0.696. The molecule has 4 nitrogen and oxygen atoms in total. The number of hydrogen-bond donors (Lipinski definition) is 1. The fourth-order valence-corrected chi connectivity index (χ4v) is 1.72. The molecule has 15 heavy (non-hydrogen) atoms. The first-order valence-electron chi connectivity index (χ1n) is 5.33. The predicted molar refractivity (Wildman–Crippen MR) is 57.4 cm³/mol. The highest BCUT2D eigenvalue weighted by atomic mass is 16.5. The molecule has 0 saturated carbocycles. The lowest BCUT2D eigenvalue weighted by Gasteiger charge is -2.46. The van der Waals surface area contributed by atoms with E-state index in [2.05, 4.69) is 30.4 Å². The number of methoxy groups -OCH3 is 1. The lowest BCUT2D eigenvalue weighted by atomic mass is 9.76. The van der Waals surface area contributed by atoms with Gasteiger partial charge in [-0.15, -0.1) is 0 Å². The minimum absolute atomic E-state index is 0.312. The number of likely N-dealkylation sites (tertiary alicyclic amines) is 1. The van der Waals surface area contributed by atoms with Crippen molar-refractivity contribution in [1.29, 1.82) is 0 Å². The first-order valence-corrected chi connectivity index (χ1v) is 5.33. The van der Waals surface area contributed by atoms with Gasteiger partial charge in [-0.25, -0.2) is 4.79 Å². The summed E-state index contributed by atoms with van der Waals surface area (Å²) in [6.07, 6.45) is -1.00. The summed E-state index contributed by atoms with van der Waals surface area (Å²) in [5, 5.41) is 9.43. The number of nitrogens with zero attached hydrogens (tertiary/aromatic N) is 1. The van der Waals surface area contributed by atoms with E-state index in [-0.39, 0.29) is 0 Å². The number of carbonyl (C=O) groups is 1. The van der Waals surface area contributed by atoms with Crippen LogP contribution in [0.3, 0.4) is 0 Å². The van der Waals surface area contributed by atoms with Gasteiger partial charge in [-0.1, -0.05) is 20.8 Å². The first kappa shape index (κ1) is 12.5. The maximum Gasteiger partial charge on any atom is 0.336 e. The Kier molecular flexibility index (Phi) is 3.73. The second kappa shape index (κ2) is 4.49. The second-order valence-corrected chi connectivity index (χ2v) is 5.32. The van der Waals surface area contributed by atoms with Crippen molar-refractivity contribution in [3.05, 3.63) is 0 Å². The third kappa shape index (κ3) is 3.18. The fourth-order valence-electron chi connectivity index (χ4n) is 1.72. The molecule has 0 radical (unpaired) electrons. The molecule has 1 rings (SSSR count). The van der Waals surface area contributed by atoms with E-state index >= 15 is 0 Å². The van der Waals surface area contributed by atoms with Gasteiger partial charge in [0.15, 0.2) is 6.10 Å². The SMILES string of the molecule is COC(=O)C(O)CN1CC(C(C)(C)C)C1. The molecule has 4 heteroatoms. The average Bonchev–Trinajstić information content (AvgIpc) is 2.06. The zero-order valence-corrected chi connectivity index (χ0v) is 9.99.